The zero-order valence-electron chi connectivity index (χ0n) is 14.4. The first-order chi connectivity index (χ1) is 12.7. The zero-order valence-corrected chi connectivity index (χ0v) is 15.2. The fourth-order valence-electron chi connectivity index (χ4n) is 2.58. The van der Waals surface area contributed by atoms with E-state index in [0.29, 0.717) is 5.76 Å². The van der Waals surface area contributed by atoms with Crippen LogP contribution in [-0.2, 0) is 7.05 Å². The highest BCUT2D eigenvalue weighted by Gasteiger charge is 2.15. The van der Waals surface area contributed by atoms with E-state index in [2.05, 4.69) is 27.3 Å². The molecule has 26 heavy (non-hydrogen) atoms. The maximum Gasteiger partial charge on any atom is 0.191 e. The molecule has 1 unspecified atom stereocenters. The molecule has 0 N–H and O–H groups in total. The van der Waals surface area contributed by atoms with Crippen LogP contribution in [0.5, 0.6) is 0 Å². The van der Waals surface area contributed by atoms with Crippen LogP contribution in [0.4, 0.5) is 0 Å². The molecule has 0 fully saturated rings. The molecular formula is C19H17N5OS. The van der Waals surface area contributed by atoms with Crippen LogP contribution in [0.1, 0.15) is 17.7 Å². The van der Waals surface area contributed by atoms with Gasteiger partial charge in [-0.1, -0.05) is 47.3 Å². The van der Waals surface area contributed by atoms with Crippen molar-refractivity contribution in [1.29, 1.82) is 0 Å². The van der Waals surface area contributed by atoms with Gasteiger partial charge in [0.2, 0.25) is 0 Å². The van der Waals surface area contributed by atoms with Gasteiger partial charge >= 0.3 is 0 Å². The number of benzene rings is 1. The van der Waals surface area contributed by atoms with Crippen LogP contribution in [0, 0.1) is 0 Å². The predicted octanol–water partition coefficient (Wildman–Crippen LogP) is 4.39. The summed E-state index contributed by atoms with van der Waals surface area (Å²) in [6, 6.07) is 15.9. The summed E-state index contributed by atoms with van der Waals surface area (Å²) >= 11 is 1.65. The third-order valence-corrected chi connectivity index (χ3v) is 5.24. The van der Waals surface area contributed by atoms with Crippen LogP contribution in [0.25, 0.3) is 22.7 Å². The van der Waals surface area contributed by atoms with Crippen LogP contribution in [0.3, 0.4) is 0 Å². The molecule has 0 aliphatic heterocycles. The van der Waals surface area contributed by atoms with E-state index in [1.54, 1.807) is 24.3 Å². The van der Waals surface area contributed by atoms with E-state index in [9.17, 15) is 0 Å². The Morgan fingerprint density at radius 1 is 1.08 bits per heavy atom. The Bertz CT molecular complexity index is 1010. The Hall–Kier alpha value is -2.93. The molecular weight excluding hydrogens is 346 g/mol. The van der Waals surface area contributed by atoms with E-state index in [1.165, 1.54) is 0 Å². The fourth-order valence-corrected chi connectivity index (χ4v) is 3.49. The lowest BCUT2D eigenvalue weighted by molar-refractivity contribution is 0.433. The molecule has 4 rings (SSSR count). The minimum Gasteiger partial charge on any atom is -0.354 e. The number of aryl methyl sites for hydroxylation is 1. The van der Waals surface area contributed by atoms with Crippen molar-refractivity contribution in [3.63, 3.8) is 0 Å². The smallest absolute Gasteiger partial charge is 0.191 e. The van der Waals surface area contributed by atoms with E-state index >= 15 is 0 Å². The fraction of sp³-hybridized carbons (Fsp3) is 0.158. The first kappa shape index (κ1) is 16.5. The molecule has 0 bridgehead atoms. The minimum atomic E-state index is 0.205. The van der Waals surface area contributed by atoms with Crippen molar-refractivity contribution in [2.75, 3.05) is 0 Å². The Labute approximate surface area is 155 Å². The monoisotopic (exact) mass is 363 g/mol. The summed E-state index contributed by atoms with van der Waals surface area (Å²) in [5.74, 6) is 0.654. The summed E-state index contributed by atoms with van der Waals surface area (Å²) in [6.07, 6.45) is 3.50. The topological polar surface area (TPSA) is 69.6 Å². The second-order valence-corrected chi connectivity index (χ2v) is 7.21. The largest absolute Gasteiger partial charge is 0.354 e. The van der Waals surface area contributed by atoms with Gasteiger partial charge in [0.05, 0.1) is 0 Å². The van der Waals surface area contributed by atoms with E-state index in [0.717, 1.165) is 27.7 Å². The lowest BCUT2D eigenvalue weighted by Gasteiger charge is -2.11. The molecule has 1 aromatic carbocycles. The number of hydrogen-bond acceptors (Lipinski definition) is 6. The van der Waals surface area contributed by atoms with Gasteiger partial charge in [-0.3, -0.25) is 4.98 Å². The average Bonchev–Trinajstić information content (AvgIpc) is 3.32. The van der Waals surface area contributed by atoms with Crippen molar-refractivity contribution in [3.05, 3.63) is 66.6 Å². The molecule has 3 heterocycles. The first-order valence-corrected chi connectivity index (χ1v) is 9.08. The van der Waals surface area contributed by atoms with Crippen molar-refractivity contribution >= 4 is 11.8 Å². The molecule has 0 saturated carbocycles. The molecule has 0 amide bonds. The molecule has 0 aliphatic carbocycles. The average molecular weight is 363 g/mol. The summed E-state index contributed by atoms with van der Waals surface area (Å²) < 4.78 is 7.43. The molecule has 0 radical (unpaired) electrons. The Balaban J connectivity index is 1.58. The first-order valence-electron chi connectivity index (χ1n) is 8.20. The third kappa shape index (κ3) is 3.39. The van der Waals surface area contributed by atoms with Crippen molar-refractivity contribution < 1.29 is 4.52 Å². The molecule has 130 valence electrons. The molecule has 0 aliphatic rings. The highest BCUT2D eigenvalue weighted by Crippen LogP contribution is 2.34. The molecule has 6 nitrogen and oxygen atoms in total. The van der Waals surface area contributed by atoms with Gasteiger partial charge in [-0.15, -0.1) is 10.2 Å². The quantitative estimate of drug-likeness (QED) is 0.490. The van der Waals surface area contributed by atoms with Crippen LogP contribution >= 0.6 is 11.8 Å². The zero-order chi connectivity index (χ0) is 17.9. The van der Waals surface area contributed by atoms with Gasteiger partial charge in [-0.2, -0.15) is 0 Å². The normalized spacial score (nSPS) is 12.2. The molecule has 0 saturated heterocycles. The number of nitrogens with zero attached hydrogens (tertiary/aromatic N) is 5. The number of hydrogen-bond donors (Lipinski definition) is 0. The Morgan fingerprint density at radius 2 is 1.92 bits per heavy atom. The van der Waals surface area contributed by atoms with Gasteiger partial charge in [0.25, 0.3) is 0 Å². The van der Waals surface area contributed by atoms with Crippen LogP contribution in [0.2, 0.25) is 0 Å². The summed E-state index contributed by atoms with van der Waals surface area (Å²) in [6.45, 7) is 2.13. The standard InChI is InChI=1S/C19H17N5OS/c1-13(26-19-22-21-12-24(19)2)15-8-9-20-17(10-15)18-11-16(23-25-18)14-6-4-3-5-7-14/h3-13H,1-2H3. The van der Waals surface area contributed by atoms with Gasteiger partial charge in [-0.05, 0) is 24.6 Å². The molecule has 7 heteroatoms. The third-order valence-electron chi connectivity index (χ3n) is 4.04. The minimum absolute atomic E-state index is 0.205. The van der Waals surface area contributed by atoms with Gasteiger partial charge in [0.15, 0.2) is 10.9 Å². The number of rotatable bonds is 5. The van der Waals surface area contributed by atoms with Crippen molar-refractivity contribution in [1.82, 2.24) is 24.9 Å². The number of pyridine rings is 1. The number of thioether (sulfide) groups is 1. The summed E-state index contributed by atoms with van der Waals surface area (Å²) in [7, 11) is 1.94. The molecule has 3 aromatic heterocycles. The Morgan fingerprint density at radius 3 is 2.69 bits per heavy atom. The van der Waals surface area contributed by atoms with Crippen molar-refractivity contribution in [2.45, 2.75) is 17.3 Å². The second kappa shape index (κ2) is 7.13. The van der Waals surface area contributed by atoms with E-state index in [1.807, 2.05) is 60.1 Å². The van der Waals surface area contributed by atoms with Gasteiger partial charge in [0, 0.05) is 30.1 Å². The summed E-state index contributed by atoms with van der Waals surface area (Å²) in [4.78, 5) is 4.44. The van der Waals surface area contributed by atoms with E-state index in [4.69, 9.17) is 4.52 Å². The van der Waals surface area contributed by atoms with Gasteiger partial charge < -0.3 is 9.09 Å². The lowest BCUT2D eigenvalue weighted by Crippen LogP contribution is -1.95. The molecule has 1 atom stereocenters. The summed E-state index contributed by atoms with van der Waals surface area (Å²) in [5.41, 5.74) is 3.72. The highest BCUT2D eigenvalue weighted by atomic mass is 32.2. The SMILES string of the molecule is CC(Sc1nncn1C)c1ccnc(-c2cc(-c3ccccc3)no2)c1. The number of aromatic nitrogens is 5. The van der Waals surface area contributed by atoms with Crippen LogP contribution in [-0.4, -0.2) is 24.9 Å². The van der Waals surface area contributed by atoms with Gasteiger partial charge in [-0.25, -0.2) is 0 Å². The molecule has 0 spiro atoms. The highest BCUT2D eigenvalue weighted by molar-refractivity contribution is 7.99. The van der Waals surface area contributed by atoms with Crippen LogP contribution in [0.15, 0.2) is 70.7 Å². The Kier molecular flexibility index (Phi) is 4.53. The van der Waals surface area contributed by atoms with Crippen molar-refractivity contribution in [3.8, 4) is 22.7 Å². The van der Waals surface area contributed by atoms with Crippen LogP contribution < -0.4 is 0 Å². The van der Waals surface area contributed by atoms with E-state index < -0.39 is 0 Å². The van der Waals surface area contributed by atoms with Gasteiger partial charge in [0.1, 0.15) is 17.7 Å². The maximum atomic E-state index is 5.52. The maximum absolute atomic E-state index is 5.52. The lowest BCUT2D eigenvalue weighted by atomic mass is 10.1. The predicted molar refractivity (Wildman–Crippen MR) is 100 cm³/mol. The second-order valence-electron chi connectivity index (χ2n) is 5.90. The summed E-state index contributed by atoms with van der Waals surface area (Å²) in [5, 5.41) is 13.3. The molecule has 4 aromatic rings. The van der Waals surface area contributed by atoms with Crippen molar-refractivity contribution in [2.24, 2.45) is 7.05 Å². The van der Waals surface area contributed by atoms with E-state index in [-0.39, 0.29) is 5.25 Å².